The highest BCUT2D eigenvalue weighted by atomic mass is 16.5. The van der Waals surface area contributed by atoms with E-state index in [1.165, 1.54) is 0 Å². The molecule has 1 aromatic carbocycles. The molecule has 1 fully saturated rings. The molecule has 1 amide bonds. The molecule has 5 nitrogen and oxygen atoms in total. The summed E-state index contributed by atoms with van der Waals surface area (Å²) >= 11 is 0. The van der Waals surface area contributed by atoms with Crippen molar-refractivity contribution in [3.8, 4) is 5.75 Å². The predicted molar refractivity (Wildman–Crippen MR) is 84.2 cm³/mol. The van der Waals surface area contributed by atoms with E-state index in [9.17, 15) is 4.79 Å². The largest absolute Gasteiger partial charge is 0.493 e. The second-order valence-corrected chi connectivity index (χ2v) is 5.47. The van der Waals surface area contributed by atoms with Crippen molar-refractivity contribution < 1.29 is 9.53 Å². The third-order valence-corrected chi connectivity index (χ3v) is 3.80. The van der Waals surface area contributed by atoms with Crippen LogP contribution in [-0.2, 0) is 4.79 Å². The lowest BCUT2D eigenvalue weighted by atomic mass is 10.1. The van der Waals surface area contributed by atoms with Crippen LogP contribution in [0.2, 0.25) is 0 Å². The number of rotatable bonds is 6. The van der Waals surface area contributed by atoms with Gasteiger partial charge in [0.1, 0.15) is 5.75 Å². The fourth-order valence-electron chi connectivity index (χ4n) is 2.59. The van der Waals surface area contributed by atoms with Gasteiger partial charge in [-0.05, 0) is 50.2 Å². The molecule has 0 aliphatic carbocycles. The van der Waals surface area contributed by atoms with E-state index < -0.39 is 0 Å². The molecule has 0 aromatic heterocycles. The smallest absolute Gasteiger partial charge is 0.223 e. The molecule has 21 heavy (non-hydrogen) atoms. The van der Waals surface area contributed by atoms with Crippen LogP contribution in [0.5, 0.6) is 5.75 Å². The highest BCUT2D eigenvalue weighted by Gasteiger charge is 2.19. The van der Waals surface area contributed by atoms with Gasteiger partial charge in [0.05, 0.1) is 13.0 Å². The number of carbonyl (C=O) groups is 1. The quantitative estimate of drug-likeness (QED) is 0.782. The van der Waals surface area contributed by atoms with Crippen LogP contribution in [0.3, 0.4) is 0 Å². The van der Waals surface area contributed by atoms with Gasteiger partial charge < -0.3 is 20.7 Å². The third kappa shape index (κ3) is 5.27. The van der Waals surface area contributed by atoms with Crippen LogP contribution in [0.4, 0.5) is 5.69 Å². The third-order valence-electron chi connectivity index (χ3n) is 3.80. The van der Waals surface area contributed by atoms with Crippen LogP contribution in [0.15, 0.2) is 24.3 Å². The van der Waals surface area contributed by atoms with E-state index >= 15 is 0 Å². The standard InChI is InChI=1S/C16H25N3O2/c1-2-19-10-3-4-14(12-19)18-16(20)9-11-21-15-7-5-13(17)6-8-15/h5-8,14H,2-4,9-12,17H2,1H3,(H,18,20). The van der Waals surface area contributed by atoms with Crippen molar-refractivity contribution in [3.05, 3.63) is 24.3 Å². The van der Waals surface area contributed by atoms with Gasteiger partial charge in [-0.2, -0.15) is 0 Å². The highest BCUT2D eigenvalue weighted by Crippen LogP contribution is 2.13. The molecule has 1 heterocycles. The van der Waals surface area contributed by atoms with Crippen molar-refractivity contribution in [1.82, 2.24) is 10.2 Å². The van der Waals surface area contributed by atoms with Gasteiger partial charge in [-0.3, -0.25) is 4.79 Å². The van der Waals surface area contributed by atoms with Gasteiger partial charge in [-0.25, -0.2) is 0 Å². The number of nitrogens with two attached hydrogens (primary N) is 1. The topological polar surface area (TPSA) is 67.6 Å². The lowest BCUT2D eigenvalue weighted by molar-refractivity contribution is -0.122. The van der Waals surface area contributed by atoms with E-state index in [0.717, 1.165) is 38.2 Å². The number of nitrogens with zero attached hydrogens (tertiary/aromatic N) is 1. The Labute approximate surface area is 126 Å². The van der Waals surface area contributed by atoms with E-state index in [0.29, 0.717) is 18.7 Å². The van der Waals surface area contributed by atoms with E-state index in [4.69, 9.17) is 10.5 Å². The molecule has 2 rings (SSSR count). The molecule has 1 aliphatic rings. The molecule has 1 saturated heterocycles. The molecule has 0 spiro atoms. The summed E-state index contributed by atoms with van der Waals surface area (Å²) in [5, 5.41) is 3.10. The van der Waals surface area contributed by atoms with E-state index in [-0.39, 0.29) is 11.9 Å². The summed E-state index contributed by atoms with van der Waals surface area (Å²) in [5.41, 5.74) is 6.31. The Kier molecular flexibility index (Phi) is 5.87. The summed E-state index contributed by atoms with van der Waals surface area (Å²) in [7, 11) is 0. The average Bonchev–Trinajstić information content (AvgIpc) is 2.49. The first-order valence-corrected chi connectivity index (χ1v) is 7.67. The summed E-state index contributed by atoms with van der Waals surface area (Å²) in [4.78, 5) is 14.3. The Balaban J connectivity index is 1.66. The minimum absolute atomic E-state index is 0.0633. The van der Waals surface area contributed by atoms with Gasteiger partial charge in [-0.1, -0.05) is 6.92 Å². The van der Waals surface area contributed by atoms with Crippen LogP contribution in [0, 0.1) is 0 Å². The van der Waals surface area contributed by atoms with E-state index in [1.807, 2.05) is 12.1 Å². The minimum Gasteiger partial charge on any atom is -0.493 e. The van der Waals surface area contributed by atoms with E-state index in [2.05, 4.69) is 17.1 Å². The molecule has 116 valence electrons. The molecule has 0 bridgehead atoms. The molecule has 0 radical (unpaired) electrons. The SMILES string of the molecule is CCN1CCCC(NC(=O)CCOc2ccc(N)cc2)C1. The van der Waals surface area contributed by atoms with Crippen molar-refractivity contribution in [2.75, 3.05) is 32.0 Å². The van der Waals surface area contributed by atoms with Crippen LogP contribution in [0.1, 0.15) is 26.2 Å². The molecule has 1 aromatic rings. The van der Waals surface area contributed by atoms with Crippen LogP contribution in [0.25, 0.3) is 0 Å². The highest BCUT2D eigenvalue weighted by molar-refractivity contribution is 5.76. The number of ether oxygens (including phenoxy) is 1. The van der Waals surface area contributed by atoms with Crippen LogP contribution >= 0.6 is 0 Å². The van der Waals surface area contributed by atoms with Gasteiger partial charge in [0.25, 0.3) is 0 Å². The summed E-state index contributed by atoms with van der Waals surface area (Å²) in [6, 6.07) is 7.48. The normalized spacial score (nSPS) is 19.2. The van der Waals surface area contributed by atoms with Gasteiger partial charge in [-0.15, -0.1) is 0 Å². The number of likely N-dealkylation sites (tertiary alicyclic amines) is 1. The lowest BCUT2D eigenvalue weighted by Crippen LogP contribution is -2.47. The van der Waals surface area contributed by atoms with Crippen molar-refractivity contribution in [2.24, 2.45) is 0 Å². The van der Waals surface area contributed by atoms with Gasteiger partial charge in [0.2, 0.25) is 5.91 Å². The number of carbonyl (C=O) groups excluding carboxylic acids is 1. The first-order chi connectivity index (χ1) is 10.2. The number of nitrogen functional groups attached to an aromatic ring is 1. The molecular weight excluding hydrogens is 266 g/mol. The van der Waals surface area contributed by atoms with Crippen LogP contribution < -0.4 is 15.8 Å². The predicted octanol–water partition coefficient (Wildman–Crippen LogP) is 1.64. The Morgan fingerprint density at radius 1 is 1.43 bits per heavy atom. The number of amides is 1. The Hall–Kier alpha value is -1.75. The van der Waals surface area contributed by atoms with Crippen molar-refractivity contribution >= 4 is 11.6 Å². The molecule has 0 saturated carbocycles. The zero-order valence-corrected chi connectivity index (χ0v) is 12.7. The zero-order valence-electron chi connectivity index (χ0n) is 12.7. The molecule has 1 aliphatic heterocycles. The fraction of sp³-hybridized carbons (Fsp3) is 0.562. The Bertz CT molecular complexity index is 447. The van der Waals surface area contributed by atoms with Crippen LogP contribution in [-0.4, -0.2) is 43.1 Å². The average molecular weight is 291 g/mol. The number of hydrogen-bond acceptors (Lipinski definition) is 4. The Morgan fingerprint density at radius 2 is 2.19 bits per heavy atom. The molecule has 1 unspecified atom stereocenters. The monoisotopic (exact) mass is 291 g/mol. The lowest BCUT2D eigenvalue weighted by Gasteiger charge is -2.32. The first kappa shape index (κ1) is 15.6. The molecule has 1 atom stereocenters. The second kappa shape index (κ2) is 7.88. The summed E-state index contributed by atoms with van der Waals surface area (Å²) in [5.74, 6) is 0.806. The maximum atomic E-state index is 11.9. The first-order valence-electron chi connectivity index (χ1n) is 7.67. The number of nitrogens with one attached hydrogen (secondary N) is 1. The molecule has 3 N–H and O–H groups in total. The number of piperidine rings is 1. The molecular formula is C16H25N3O2. The number of anilines is 1. The summed E-state index contributed by atoms with van der Waals surface area (Å²) in [6.45, 7) is 5.70. The summed E-state index contributed by atoms with van der Waals surface area (Å²) < 4.78 is 5.54. The van der Waals surface area contributed by atoms with Crippen molar-refractivity contribution in [3.63, 3.8) is 0 Å². The maximum Gasteiger partial charge on any atom is 0.223 e. The maximum absolute atomic E-state index is 11.9. The van der Waals surface area contributed by atoms with Gasteiger partial charge >= 0.3 is 0 Å². The zero-order chi connectivity index (χ0) is 15.1. The van der Waals surface area contributed by atoms with Crippen molar-refractivity contribution in [1.29, 1.82) is 0 Å². The Morgan fingerprint density at radius 3 is 2.90 bits per heavy atom. The minimum atomic E-state index is 0.0633. The van der Waals surface area contributed by atoms with E-state index in [1.54, 1.807) is 12.1 Å². The number of hydrogen-bond donors (Lipinski definition) is 2. The number of benzene rings is 1. The fourth-order valence-corrected chi connectivity index (χ4v) is 2.59. The van der Waals surface area contributed by atoms with Crippen molar-refractivity contribution in [2.45, 2.75) is 32.2 Å². The molecule has 5 heteroatoms. The summed E-state index contributed by atoms with van der Waals surface area (Å²) in [6.07, 6.45) is 2.61. The van der Waals surface area contributed by atoms with Gasteiger partial charge in [0.15, 0.2) is 0 Å². The second-order valence-electron chi connectivity index (χ2n) is 5.47. The van der Waals surface area contributed by atoms with Gasteiger partial charge in [0, 0.05) is 18.3 Å². The number of likely N-dealkylation sites (N-methyl/N-ethyl adjacent to an activating group) is 1.